The fourth-order valence-electron chi connectivity index (χ4n) is 5.94. The number of amides is 2. The van der Waals surface area contributed by atoms with Gasteiger partial charge in [0.15, 0.2) is 0 Å². The Morgan fingerprint density at radius 1 is 0.354 bits per heavy atom. The van der Waals surface area contributed by atoms with Gasteiger partial charge in [-0.2, -0.15) is 162 Å². The SMILES string of the molecule is CNC(C)COCCOCC(C)NC(=O)CN(CC(C)=O)S(=O)(=O)C(F)(F)C(F)(F)C(F)(F)C(F)(F)C(F)(F)C(F)(F)C(F)(F)C(F)(F)F.CNC(C)COCCOCC(C)NC(=O)CNCC(C)=O.O=S(=O)(F)C(F)(F)C(F)(F)C(F)(F)C(F)(F)C(F)(F)C(F)(F)C(F)(F)C(F)(F)F. The molecule has 0 aliphatic heterocycles. The molecule has 4 unspecified atom stereocenters. The number of ether oxygens (including phenoxy) is 4. The highest BCUT2D eigenvalue weighted by Crippen LogP contribution is 2.66. The van der Waals surface area contributed by atoms with Crippen molar-refractivity contribution >= 4 is 43.6 Å². The van der Waals surface area contributed by atoms with Gasteiger partial charge in [-0.05, 0) is 55.6 Å². The fourth-order valence-corrected chi connectivity index (χ4v) is 7.78. The van der Waals surface area contributed by atoms with Crippen molar-refractivity contribution in [2.24, 2.45) is 0 Å². The molecule has 55 heteroatoms. The van der Waals surface area contributed by atoms with E-state index < -0.39 is 156 Å². The summed E-state index contributed by atoms with van der Waals surface area (Å²) in [6.45, 7) is 6.27. The van der Waals surface area contributed by atoms with Crippen LogP contribution in [0.15, 0.2) is 0 Å². The standard InChI is InChI=1S/C22H28F17N3O6S.C14H29N3O4.C8F18O2S/c1-11(40-4)9-47-5-6-48-10-12(2)41-14(44)8-42(7-13(3)43)49(45,46)22(38,39)20(33,34)18(29,30)16(25,26)15(23,24)17(27,28)19(31,32)21(35,36)37;1-11(15-4)9-20-5-6-21-10-12(2)17-14(19)8-16-7-13(3)18;9-1(10,3(13,14)5(17,18)7(21,22)23)2(11,12)4(15,16)6(19,20)8(24,25)29(26,27)28/h11-12,40H,5-10H2,1-4H3,(H,41,44);11-12,15-16H,5-10H2,1-4H3,(H,17,19);. The van der Waals surface area contributed by atoms with E-state index in [4.69, 9.17) is 18.9 Å². The molecule has 0 aliphatic rings. The molecule has 592 valence electrons. The molecule has 0 aromatic carbocycles. The molecule has 2 amide bonds. The van der Waals surface area contributed by atoms with Gasteiger partial charge in [0.2, 0.25) is 11.8 Å². The first-order valence-electron chi connectivity index (χ1n) is 25.8. The number of carbonyl (C=O) groups excluding carboxylic acids is 4. The number of sulfonamides is 1. The van der Waals surface area contributed by atoms with E-state index in [1.807, 2.05) is 20.9 Å². The molecule has 0 saturated carbocycles. The number of nitrogens with one attached hydrogen (secondary N) is 5. The van der Waals surface area contributed by atoms with Crippen molar-refractivity contribution in [1.29, 1.82) is 0 Å². The van der Waals surface area contributed by atoms with Gasteiger partial charge < -0.3 is 45.5 Å². The van der Waals surface area contributed by atoms with Gasteiger partial charge in [0.25, 0.3) is 10.0 Å². The van der Waals surface area contributed by atoms with Crippen molar-refractivity contribution in [2.75, 3.05) is 93.1 Å². The molecule has 4 atom stereocenters. The Kier molecular flexibility index (Phi) is 34.7. The zero-order valence-corrected chi connectivity index (χ0v) is 52.3. The summed E-state index contributed by atoms with van der Waals surface area (Å²) < 4.78 is 521. The fraction of sp³-hybridized carbons (Fsp3) is 0.909. The van der Waals surface area contributed by atoms with E-state index in [1.165, 1.54) is 6.92 Å². The van der Waals surface area contributed by atoms with Crippen LogP contribution in [0.1, 0.15) is 41.5 Å². The number of ketones is 2. The first kappa shape index (κ1) is 98.6. The highest BCUT2D eigenvalue weighted by Gasteiger charge is 2.98. The zero-order chi connectivity index (χ0) is 80.0. The molecular weight excluding hydrogens is 1530 g/mol. The Morgan fingerprint density at radius 2 is 0.606 bits per heavy atom. The first-order chi connectivity index (χ1) is 43.5. The van der Waals surface area contributed by atoms with Crippen molar-refractivity contribution in [3.05, 3.63) is 0 Å². The Morgan fingerprint density at radius 3 is 0.859 bits per heavy atom. The number of Topliss-reactive ketones (excluding diaryl/α,β-unsaturated/α-hetero) is 2. The van der Waals surface area contributed by atoms with Crippen LogP contribution in [0.25, 0.3) is 0 Å². The van der Waals surface area contributed by atoms with Crippen LogP contribution in [0.4, 0.5) is 153 Å². The summed E-state index contributed by atoms with van der Waals surface area (Å²) in [6.07, 6.45) is -15.9. The minimum absolute atomic E-state index is 0.00627. The average Bonchev–Trinajstić information content (AvgIpc) is 0.698. The number of halogens is 35. The van der Waals surface area contributed by atoms with Gasteiger partial charge in [-0.1, -0.05) is 3.89 Å². The smallest absolute Gasteiger partial charge is 0.377 e. The third-order valence-corrected chi connectivity index (χ3v) is 14.5. The normalized spacial score (nSPS) is 15.8. The molecule has 0 aromatic rings. The highest BCUT2D eigenvalue weighted by atomic mass is 32.3. The van der Waals surface area contributed by atoms with Crippen LogP contribution >= 0.6 is 0 Å². The number of nitrogens with zero attached hydrogens (tertiary/aromatic N) is 1. The molecule has 0 fully saturated rings. The molecular formula is C44H57F35N6O12S2. The van der Waals surface area contributed by atoms with Crippen molar-refractivity contribution in [2.45, 2.75) is 160 Å². The lowest BCUT2D eigenvalue weighted by atomic mass is 9.91. The van der Waals surface area contributed by atoms with Crippen LogP contribution in [-0.2, 0) is 58.4 Å². The summed E-state index contributed by atoms with van der Waals surface area (Å²) in [7, 11) is -12.7. The molecule has 0 saturated heterocycles. The van der Waals surface area contributed by atoms with E-state index >= 15 is 0 Å². The van der Waals surface area contributed by atoms with Crippen molar-refractivity contribution in [3.63, 3.8) is 0 Å². The van der Waals surface area contributed by atoms with Gasteiger partial charge in [0, 0.05) is 24.2 Å². The summed E-state index contributed by atoms with van der Waals surface area (Å²) in [4.78, 5) is 45.9. The summed E-state index contributed by atoms with van der Waals surface area (Å²) in [5.74, 6) is -109. The molecule has 0 radical (unpaired) electrons. The second kappa shape index (κ2) is 34.8. The molecule has 99 heavy (non-hydrogen) atoms. The minimum Gasteiger partial charge on any atom is -0.377 e. The largest absolute Gasteiger partial charge is 0.460 e. The van der Waals surface area contributed by atoms with Crippen molar-refractivity contribution < 1.29 is 208 Å². The van der Waals surface area contributed by atoms with Gasteiger partial charge in [-0.25, -0.2) is 8.42 Å². The van der Waals surface area contributed by atoms with Crippen LogP contribution in [-0.4, -0.2) is 256 Å². The van der Waals surface area contributed by atoms with E-state index in [0.29, 0.717) is 39.4 Å². The third-order valence-electron chi connectivity index (χ3n) is 11.8. The predicted octanol–water partition coefficient (Wildman–Crippen LogP) is 8.88. The predicted molar refractivity (Wildman–Crippen MR) is 262 cm³/mol. The zero-order valence-electron chi connectivity index (χ0n) is 50.7. The Hall–Kier alpha value is -4.59. The lowest BCUT2D eigenvalue weighted by molar-refractivity contribution is -0.458. The Balaban J connectivity index is -0.00000155. The van der Waals surface area contributed by atoms with E-state index in [9.17, 15) is 189 Å². The molecule has 5 N–H and O–H groups in total. The molecule has 0 spiro atoms. The molecule has 0 aromatic heterocycles. The molecule has 0 bridgehead atoms. The average molecular weight is 1590 g/mol. The van der Waals surface area contributed by atoms with E-state index in [1.54, 1.807) is 19.3 Å². The monoisotopic (exact) mass is 1590 g/mol. The van der Waals surface area contributed by atoms with Crippen LogP contribution < -0.4 is 26.6 Å². The summed E-state index contributed by atoms with van der Waals surface area (Å²) >= 11 is 0. The second-order valence-electron chi connectivity index (χ2n) is 20.3. The Bertz CT molecular complexity index is 2840. The lowest BCUT2D eigenvalue weighted by Crippen LogP contribution is -2.75. The van der Waals surface area contributed by atoms with Gasteiger partial charge in [-0.15, -0.1) is 0 Å². The van der Waals surface area contributed by atoms with Crippen LogP contribution in [0.5, 0.6) is 0 Å². The van der Waals surface area contributed by atoms with Gasteiger partial charge in [-0.3, -0.25) is 19.2 Å². The topological polar surface area (TPSA) is 237 Å². The van der Waals surface area contributed by atoms with Gasteiger partial charge in [0.05, 0.1) is 79.0 Å². The van der Waals surface area contributed by atoms with Gasteiger partial charge in [0.1, 0.15) is 11.6 Å². The van der Waals surface area contributed by atoms with Crippen LogP contribution in [0.2, 0.25) is 0 Å². The number of rotatable bonds is 41. The molecule has 0 rings (SSSR count). The summed E-state index contributed by atoms with van der Waals surface area (Å²) in [5, 5.41) is -2.73. The second-order valence-corrected chi connectivity index (χ2v) is 23.6. The summed E-state index contributed by atoms with van der Waals surface area (Å²) in [5.41, 5.74) is 0. The first-order valence-corrected chi connectivity index (χ1v) is 28.6. The summed E-state index contributed by atoms with van der Waals surface area (Å²) in [6, 6.07) is -1.03. The number of hydrogen-bond donors (Lipinski definition) is 5. The van der Waals surface area contributed by atoms with E-state index in [-0.39, 0.29) is 56.7 Å². The maximum absolute atomic E-state index is 14.6. The quantitative estimate of drug-likeness (QED) is 0.0218. The minimum atomic E-state index is -9.02. The lowest BCUT2D eigenvalue weighted by Gasteiger charge is -2.43. The number of carbonyl (C=O) groups is 4. The van der Waals surface area contributed by atoms with Crippen molar-refractivity contribution in [1.82, 2.24) is 30.9 Å². The third kappa shape index (κ3) is 21.8. The van der Waals surface area contributed by atoms with Crippen LogP contribution in [0, 0.1) is 0 Å². The molecule has 18 nitrogen and oxygen atoms in total. The van der Waals surface area contributed by atoms with Crippen molar-refractivity contribution in [3.8, 4) is 0 Å². The maximum atomic E-state index is 14.6. The highest BCUT2D eigenvalue weighted by molar-refractivity contribution is 7.90. The Labute approximate surface area is 535 Å². The molecule has 0 heterocycles. The number of hydrogen-bond acceptors (Lipinski definition) is 15. The maximum Gasteiger partial charge on any atom is 0.460 e. The number of likely N-dealkylation sites (N-methyl/N-ethyl adjacent to an activating group) is 2. The molecule has 0 aliphatic carbocycles. The van der Waals surface area contributed by atoms with Crippen LogP contribution in [0.3, 0.4) is 0 Å². The van der Waals surface area contributed by atoms with E-state index in [2.05, 4.69) is 21.3 Å². The van der Waals surface area contributed by atoms with E-state index in [0.717, 1.165) is 6.92 Å². The van der Waals surface area contributed by atoms with Gasteiger partial charge >= 0.3 is 104 Å². The number of alkyl halides is 34.